The molecule has 0 atom stereocenters. The third-order valence-electron chi connectivity index (χ3n) is 4.48. The van der Waals surface area contributed by atoms with Crippen LogP contribution in [-0.2, 0) is 9.36 Å². The Kier molecular flexibility index (Phi) is 7.71. The molecule has 0 aliphatic heterocycles. The van der Waals surface area contributed by atoms with Crippen LogP contribution in [0.3, 0.4) is 0 Å². The minimum absolute atomic E-state index is 0.0639. The molecule has 162 valence electrons. The molecule has 0 radical (unpaired) electrons. The first-order valence-corrected chi connectivity index (χ1v) is 11.8. The first-order valence-electron chi connectivity index (χ1n) is 9.52. The minimum atomic E-state index is -3.21. The van der Waals surface area contributed by atoms with Crippen molar-refractivity contribution >= 4 is 53.2 Å². The maximum absolute atomic E-state index is 13.8. The highest BCUT2D eigenvalue weighted by Crippen LogP contribution is 2.42. The fraction of sp³-hybridized carbons (Fsp3) is 0.0435. The van der Waals surface area contributed by atoms with E-state index >= 15 is 0 Å². The number of hydrazone groups is 1. The van der Waals surface area contributed by atoms with E-state index < -0.39 is 18.0 Å². The lowest BCUT2D eigenvalue weighted by Crippen LogP contribution is -2.28. The highest BCUT2D eigenvalue weighted by molar-refractivity contribution is 7.79. The van der Waals surface area contributed by atoms with Gasteiger partial charge in [0.2, 0.25) is 5.91 Å². The number of carbonyl (C=O) groups is 1. The van der Waals surface area contributed by atoms with E-state index in [2.05, 4.69) is 10.5 Å². The second kappa shape index (κ2) is 10.7. The number of nitro benzene ring substituents is 1. The average molecular weight is 468 g/mol. The van der Waals surface area contributed by atoms with Crippen LogP contribution in [0.1, 0.15) is 5.56 Å². The molecule has 0 aliphatic rings. The zero-order chi connectivity index (χ0) is 23.0. The number of non-ortho nitro benzene ring substituents is 1. The first-order chi connectivity index (χ1) is 15.4. The monoisotopic (exact) mass is 467 g/mol. The Balaban J connectivity index is 1.72. The van der Waals surface area contributed by atoms with Crippen LogP contribution in [0, 0.1) is 10.1 Å². The van der Waals surface area contributed by atoms with Gasteiger partial charge in [-0.2, -0.15) is 5.10 Å². The Morgan fingerprint density at radius 1 is 1.00 bits per heavy atom. The van der Waals surface area contributed by atoms with Crippen LogP contribution in [0.4, 0.5) is 5.69 Å². The summed E-state index contributed by atoms with van der Waals surface area (Å²) in [4.78, 5) is 22.9. The molecule has 1 N–H and O–H groups in total. The van der Waals surface area contributed by atoms with Gasteiger partial charge in [-0.1, -0.05) is 84.4 Å². The van der Waals surface area contributed by atoms with Gasteiger partial charge in [-0.15, -0.1) is 0 Å². The van der Waals surface area contributed by atoms with Crippen molar-refractivity contribution in [3.63, 3.8) is 0 Å². The molecule has 0 bridgehead atoms. The summed E-state index contributed by atoms with van der Waals surface area (Å²) in [7, 11) is -3.21. The van der Waals surface area contributed by atoms with Crippen molar-refractivity contribution in [1.82, 2.24) is 5.43 Å². The Morgan fingerprint density at radius 2 is 1.59 bits per heavy atom. The van der Waals surface area contributed by atoms with Crippen LogP contribution in [0.5, 0.6) is 0 Å². The first kappa shape index (κ1) is 23.1. The molecule has 3 rings (SSSR count). The zero-order valence-corrected chi connectivity index (χ0v) is 18.4. The largest absolute Gasteiger partial charge is 0.313 e. The molecule has 9 heteroatoms. The molecular formula is C23H19ClN3O4P. The summed E-state index contributed by atoms with van der Waals surface area (Å²) in [5.41, 5.74) is 2.80. The van der Waals surface area contributed by atoms with Gasteiger partial charge in [0.1, 0.15) is 0 Å². The van der Waals surface area contributed by atoms with E-state index in [4.69, 9.17) is 11.6 Å². The second-order valence-electron chi connectivity index (χ2n) is 6.74. The molecule has 3 aromatic carbocycles. The number of benzene rings is 3. The Labute approximate surface area is 190 Å². The lowest BCUT2D eigenvalue weighted by atomic mass is 10.2. The van der Waals surface area contributed by atoms with Gasteiger partial charge in [0.25, 0.3) is 5.69 Å². The summed E-state index contributed by atoms with van der Waals surface area (Å²) >= 11 is 6.09. The third-order valence-corrected chi connectivity index (χ3v) is 7.68. The van der Waals surface area contributed by atoms with E-state index in [-0.39, 0.29) is 16.9 Å². The summed E-state index contributed by atoms with van der Waals surface area (Å²) < 4.78 is 13.8. The molecule has 0 aromatic heterocycles. The SMILES string of the molecule is O=C(CP(=O)(c1ccccc1)c1ccccc1)N/N=C/C(Cl)=C/c1cccc([N+](=O)[O-])c1. The number of nitro groups is 1. The zero-order valence-electron chi connectivity index (χ0n) is 16.8. The van der Waals surface area contributed by atoms with Gasteiger partial charge in [-0.25, -0.2) is 5.43 Å². The van der Waals surface area contributed by atoms with E-state index in [1.165, 1.54) is 30.5 Å². The van der Waals surface area contributed by atoms with Crippen LogP contribution in [0.2, 0.25) is 0 Å². The number of halogens is 1. The summed E-state index contributed by atoms with van der Waals surface area (Å²) in [5.74, 6) is -0.530. The normalized spacial score (nSPS) is 12.0. The summed E-state index contributed by atoms with van der Waals surface area (Å²) in [6.45, 7) is 0. The maximum Gasteiger partial charge on any atom is 0.270 e. The van der Waals surface area contributed by atoms with Crippen LogP contribution in [0.25, 0.3) is 6.08 Å². The molecule has 0 aliphatic carbocycles. The fourth-order valence-corrected chi connectivity index (χ4v) is 5.62. The number of hydrogen-bond donors (Lipinski definition) is 1. The van der Waals surface area contributed by atoms with Gasteiger partial charge in [0, 0.05) is 22.7 Å². The van der Waals surface area contributed by atoms with Crippen LogP contribution < -0.4 is 16.0 Å². The molecule has 0 saturated heterocycles. The average Bonchev–Trinajstić information content (AvgIpc) is 2.80. The topological polar surface area (TPSA) is 102 Å². The smallest absolute Gasteiger partial charge is 0.270 e. The molecule has 32 heavy (non-hydrogen) atoms. The van der Waals surface area contributed by atoms with Gasteiger partial charge in [-0.05, 0) is 11.6 Å². The van der Waals surface area contributed by atoms with E-state index in [1.54, 1.807) is 54.6 Å². The Bertz CT molecular complexity index is 1170. The predicted molar refractivity (Wildman–Crippen MR) is 128 cm³/mol. The standard InChI is InChI=1S/C23H19ClN3O4P/c24-19(14-18-8-7-9-20(15-18)27(29)30)16-25-26-23(28)17-32(31,21-10-3-1-4-11-21)22-12-5-2-6-13-22/h1-16H,17H2,(H,26,28)/b19-14-,25-16+. The lowest BCUT2D eigenvalue weighted by Gasteiger charge is -2.18. The number of allylic oxidation sites excluding steroid dienone is 1. The van der Waals surface area contributed by atoms with Crippen molar-refractivity contribution in [2.45, 2.75) is 0 Å². The molecule has 0 unspecified atom stereocenters. The molecule has 0 fully saturated rings. The fourth-order valence-electron chi connectivity index (χ4n) is 3.00. The second-order valence-corrected chi connectivity index (χ2v) is 10.0. The van der Waals surface area contributed by atoms with E-state index in [0.29, 0.717) is 16.2 Å². The van der Waals surface area contributed by atoms with E-state index in [1.807, 2.05) is 12.1 Å². The van der Waals surface area contributed by atoms with Gasteiger partial charge in [0.05, 0.1) is 22.3 Å². The van der Waals surface area contributed by atoms with E-state index in [9.17, 15) is 19.5 Å². The van der Waals surface area contributed by atoms with Crippen molar-refractivity contribution in [1.29, 1.82) is 0 Å². The molecule has 0 spiro atoms. The van der Waals surface area contributed by atoms with E-state index in [0.717, 1.165) is 0 Å². The van der Waals surface area contributed by atoms with Crippen molar-refractivity contribution in [2.24, 2.45) is 5.10 Å². The molecule has 1 amide bonds. The Morgan fingerprint density at radius 3 is 2.16 bits per heavy atom. The molecule has 7 nitrogen and oxygen atoms in total. The third kappa shape index (κ3) is 6.00. The lowest BCUT2D eigenvalue weighted by molar-refractivity contribution is -0.384. The summed E-state index contributed by atoms with van der Waals surface area (Å²) in [6, 6.07) is 23.6. The number of nitrogens with one attached hydrogen (secondary N) is 1. The number of hydrogen-bond acceptors (Lipinski definition) is 5. The van der Waals surface area contributed by atoms with Crippen LogP contribution >= 0.6 is 18.7 Å². The predicted octanol–water partition coefficient (Wildman–Crippen LogP) is 4.29. The van der Waals surface area contributed by atoms with Gasteiger partial charge in [-0.3, -0.25) is 14.9 Å². The molecule has 3 aromatic rings. The maximum atomic E-state index is 13.8. The van der Waals surface area contributed by atoms with Gasteiger partial charge < -0.3 is 4.57 Å². The number of nitrogens with zero attached hydrogens (tertiary/aromatic N) is 2. The van der Waals surface area contributed by atoms with Crippen molar-refractivity contribution in [3.8, 4) is 0 Å². The number of rotatable bonds is 8. The van der Waals surface area contributed by atoms with Gasteiger partial charge in [0.15, 0.2) is 7.14 Å². The highest BCUT2D eigenvalue weighted by atomic mass is 35.5. The molecular weight excluding hydrogens is 449 g/mol. The summed E-state index contributed by atoms with van der Waals surface area (Å²) in [6.07, 6.45) is 2.42. The van der Waals surface area contributed by atoms with Crippen molar-refractivity contribution < 1.29 is 14.3 Å². The molecule has 0 heterocycles. The molecule has 0 saturated carbocycles. The minimum Gasteiger partial charge on any atom is -0.313 e. The van der Waals surface area contributed by atoms with Crippen LogP contribution in [0.15, 0.2) is 95.1 Å². The van der Waals surface area contributed by atoms with Crippen LogP contribution in [-0.4, -0.2) is 23.2 Å². The summed E-state index contributed by atoms with van der Waals surface area (Å²) in [5, 5.41) is 16.0. The van der Waals surface area contributed by atoms with Gasteiger partial charge >= 0.3 is 0 Å². The van der Waals surface area contributed by atoms with Crippen molar-refractivity contribution in [2.75, 3.05) is 6.16 Å². The van der Waals surface area contributed by atoms with Crippen molar-refractivity contribution in [3.05, 3.63) is 106 Å². The number of amides is 1. The number of carbonyl (C=O) groups excluding carboxylic acids is 1. The quantitative estimate of drug-likeness (QED) is 0.231. The Hall–Kier alpha value is -3.54. The highest BCUT2D eigenvalue weighted by Gasteiger charge is 2.30.